The van der Waals surface area contributed by atoms with Gasteiger partial charge in [0, 0.05) is 18.7 Å². The lowest BCUT2D eigenvalue weighted by Crippen LogP contribution is -2.33. The van der Waals surface area contributed by atoms with Gasteiger partial charge in [0.15, 0.2) is 0 Å². The summed E-state index contributed by atoms with van der Waals surface area (Å²) in [7, 11) is 0. The van der Waals surface area contributed by atoms with E-state index in [2.05, 4.69) is 23.1 Å². The number of likely N-dealkylation sites (tertiary alicyclic amines) is 1. The van der Waals surface area contributed by atoms with Gasteiger partial charge in [-0.05, 0) is 96.7 Å². The Morgan fingerprint density at radius 1 is 0.811 bits per heavy atom. The number of phenolic OH excluding ortho intramolecular Hbond substituents is 2. The van der Waals surface area contributed by atoms with Crippen LogP contribution in [0.15, 0.2) is 78.9 Å². The predicted molar refractivity (Wildman–Crippen MR) is 148 cm³/mol. The Labute approximate surface area is 218 Å². The lowest BCUT2D eigenvalue weighted by Gasteiger charge is -2.26. The number of rotatable bonds is 9. The third-order valence-electron chi connectivity index (χ3n) is 7.13. The summed E-state index contributed by atoms with van der Waals surface area (Å²) in [5.74, 6) is 1.32. The highest BCUT2D eigenvalue weighted by molar-refractivity contribution is 5.93. The van der Waals surface area contributed by atoms with Gasteiger partial charge in [-0.3, -0.25) is 4.90 Å². The summed E-state index contributed by atoms with van der Waals surface area (Å²) in [4.78, 5) is 2.48. The van der Waals surface area contributed by atoms with Crippen LogP contribution in [0.1, 0.15) is 43.4 Å². The minimum absolute atomic E-state index is 0.230. The molecule has 1 heterocycles. The summed E-state index contributed by atoms with van der Waals surface area (Å²) in [6.07, 6.45) is 3.59. The van der Waals surface area contributed by atoms with Gasteiger partial charge >= 0.3 is 0 Å². The van der Waals surface area contributed by atoms with E-state index in [1.807, 2.05) is 43.3 Å². The molecule has 0 radical (unpaired) electrons. The second-order valence-corrected chi connectivity index (χ2v) is 9.63. The molecular weight excluding hydrogens is 462 g/mol. The smallest absolute Gasteiger partial charge is 0.119 e. The Hall–Kier alpha value is -3.54. The van der Waals surface area contributed by atoms with E-state index in [9.17, 15) is 10.2 Å². The molecule has 1 fully saturated rings. The van der Waals surface area contributed by atoms with Crippen LogP contribution in [0.25, 0.3) is 21.9 Å². The number of piperidine rings is 1. The van der Waals surface area contributed by atoms with Crippen LogP contribution in [-0.4, -0.2) is 48.0 Å². The first-order valence-corrected chi connectivity index (χ1v) is 13.2. The van der Waals surface area contributed by atoms with E-state index in [1.54, 1.807) is 24.3 Å². The average Bonchev–Trinajstić information content (AvgIpc) is 2.93. The number of hydrogen-bond donors (Lipinski definition) is 2. The number of nitrogens with zero attached hydrogens (tertiary/aromatic N) is 1. The molecule has 1 saturated heterocycles. The molecule has 2 N–H and O–H groups in total. The molecule has 0 amide bonds. The van der Waals surface area contributed by atoms with Crippen LogP contribution in [-0.2, 0) is 4.74 Å². The second kappa shape index (κ2) is 11.7. The van der Waals surface area contributed by atoms with Gasteiger partial charge in [-0.25, -0.2) is 0 Å². The van der Waals surface area contributed by atoms with Crippen molar-refractivity contribution in [2.45, 2.75) is 32.3 Å². The molecule has 0 bridgehead atoms. The Bertz CT molecular complexity index is 1310. The second-order valence-electron chi connectivity index (χ2n) is 9.63. The molecule has 1 atom stereocenters. The maximum atomic E-state index is 10.1. The summed E-state index contributed by atoms with van der Waals surface area (Å²) in [5.41, 5.74) is 4.08. The summed E-state index contributed by atoms with van der Waals surface area (Å²) in [5, 5.41) is 21.9. The van der Waals surface area contributed by atoms with Crippen molar-refractivity contribution in [1.82, 2.24) is 4.90 Å². The quantitative estimate of drug-likeness (QED) is 0.263. The Balaban J connectivity index is 1.47. The van der Waals surface area contributed by atoms with Gasteiger partial charge in [-0.2, -0.15) is 0 Å². The molecule has 1 aliphatic rings. The topological polar surface area (TPSA) is 62.2 Å². The third-order valence-corrected chi connectivity index (χ3v) is 7.13. The van der Waals surface area contributed by atoms with Gasteiger partial charge in [0.05, 0.1) is 0 Å². The summed E-state index contributed by atoms with van der Waals surface area (Å²) < 4.78 is 12.4. The molecule has 4 aromatic rings. The Kier molecular flexibility index (Phi) is 7.93. The van der Waals surface area contributed by atoms with Crippen LogP contribution in [0, 0.1) is 0 Å². The maximum Gasteiger partial charge on any atom is 0.119 e. The van der Waals surface area contributed by atoms with Crippen molar-refractivity contribution in [3.05, 3.63) is 90.0 Å². The van der Waals surface area contributed by atoms with Crippen molar-refractivity contribution in [2.24, 2.45) is 0 Å². The molecular formula is C32H35NO4. The van der Waals surface area contributed by atoms with Gasteiger partial charge in [0.25, 0.3) is 0 Å². The van der Waals surface area contributed by atoms with Crippen LogP contribution < -0.4 is 4.74 Å². The number of aromatic hydroxyl groups is 2. The maximum absolute atomic E-state index is 10.1. The first-order valence-electron chi connectivity index (χ1n) is 13.2. The van der Waals surface area contributed by atoms with Crippen LogP contribution in [0.5, 0.6) is 17.2 Å². The van der Waals surface area contributed by atoms with E-state index >= 15 is 0 Å². The molecule has 0 aliphatic carbocycles. The van der Waals surface area contributed by atoms with Crippen molar-refractivity contribution in [2.75, 3.05) is 32.8 Å². The number of fused-ring (bicyclic) bond motifs is 1. The van der Waals surface area contributed by atoms with Crippen LogP contribution in [0.2, 0.25) is 0 Å². The molecule has 1 unspecified atom stereocenters. The van der Waals surface area contributed by atoms with Gasteiger partial charge in [-0.1, -0.05) is 48.9 Å². The minimum Gasteiger partial charge on any atom is -0.508 e. The monoisotopic (exact) mass is 497 g/mol. The normalized spacial score (nSPS) is 15.1. The molecule has 192 valence electrons. The van der Waals surface area contributed by atoms with E-state index in [0.717, 1.165) is 45.3 Å². The fraction of sp³-hybridized carbons (Fsp3) is 0.312. The summed E-state index contributed by atoms with van der Waals surface area (Å²) >= 11 is 0. The van der Waals surface area contributed by atoms with E-state index in [0.29, 0.717) is 13.2 Å². The van der Waals surface area contributed by atoms with Crippen molar-refractivity contribution in [1.29, 1.82) is 0 Å². The largest absolute Gasteiger partial charge is 0.508 e. The fourth-order valence-corrected chi connectivity index (χ4v) is 5.24. The van der Waals surface area contributed by atoms with E-state index in [1.165, 1.54) is 32.4 Å². The lowest BCUT2D eigenvalue weighted by molar-refractivity contribution is 0.0926. The Morgan fingerprint density at radius 3 is 2.27 bits per heavy atom. The summed E-state index contributed by atoms with van der Waals surface area (Å²) in [6.45, 7) is 6.54. The summed E-state index contributed by atoms with van der Waals surface area (Å²) in [6, 6.07) is 25.0. The zero-order valence-electron chi connectivity index (χ0n) is 21.4. The number of ether oxygens (including phenoxy) is 2. The molecule has 37 heavy (non-hydrogen) atoms. The SMILES string of the molecule is CCOC(c1ccc(OCCN2CCCCC2)cc1)c1c(-c2ccc(O)cc2)ccc2cc(O)ccc12. The average molecular weight is 498 g/mol. The van der Waals surface area contributed by atoms with Gasteiger partial charge < -0.3 is 19.7 Å². The number of hydrogen-bond acceptors (Lipinski definition) is 5. The highest BCUT2D eigenvalue weighted by atomic mass is 16.5. The zero-order valence-corrected chi connectivity index (χ0v) is 21.4. The lowest BCUT2D eigenvalue weighted by atomic mass is 9.88. The van der Waals surface area contributed by atoms with E-state index in [-0.39, 0.29) is 17.6 Å². The fourth-order valence-electron chi connectivity index (χ4n) is 5.24. The molecule has 0 aromatic heterocycles. The number of phenols is 2. The third kappa shape index (κ3) is 5.90. The van der Waals surface area contributed by atoms with Crippen molar-refractivity contribution < 1.29 is 19.7 Å². The molecule has 4 aromatic carbocycles. The van der Waals surface area contributed by atoms with Crippen LogP contribution in [0.3, 0.4) is 0 Å². The molecule has 5 nitrogen and oxygen atoms in total. The molecule has 5 heteroatoms. The van der Waals surface area contributed by atoms with E-state index in [4.69, 9.17) is 9.47 Å². The van der Waals surface area contributed by atoms with Gasteiger partial charge in [0.1, 0.15) is 30.0 Å². The predicted octanol–water partition coefficient (Wildman–Crippen LogP) is 6.91. The van der Waals surface area contributed by atoms with Gasteiger partial charge in [-0.15, -0.1) is 0 Å². The van der Waals surface area contributed by atoms with Crippen molar-refractivity contribution in [3.63, 3.8) is 0 Å². The molecule has 5 rings (SSSR count). The van der Waals surface area contributed by atoms with Crippen molar-refractivity contribution in [3.8, 4) is 28.4 Å². The van der Waals surface area contributed by atoms with Crippen LogP contribution >= 0.6 is 0 Å². The molecule has 0 spiro atoms. The number of benzene rings is 4. The standard InChI is InChI=1S/C32H35NO4/c1-2-36-32(24-8-14-28(15-9-24)37-21-20-33-18-4-3-5-19-33)31-29(23-6-11-26(34)12-7-23)16-10-25-22-27(35)13-17-30(25)31/h6-17,22,32,34-35H,2-5,18-21H2,1H3. The first-order chi connectivity index (χ1) is 18.1. The van der Waals surface area contributed by atoms with Crippen LogP contribution in [0.4, 0.5) is 0 Å². The van der Waals surface area contributed by atoms with Crippen molar-refractivity contribution >= 4 is 10.8 Å². The van der Waals surface area contributed by atoms with Gasteiger partial charge in [0.2, 0.25) is 0 Å². The molecule has 0 saturated carbocycles. The zero-order chi connectivity index (χ0) is 25.6. The Morgan fingerprint density at radius 2 is 1.54 bits per heavy atom. The minimum atomic E-state index is -0.315. The molecule has 1 aliphatic heterocycles. The van der Waals surface area contributed by atoms with E-state index < -0.39 is 0 Å². The highest BCUT2D eigenvalue weighted by Gasteiger charge is 2.22. The first kappa shape index (κ1) is 25.1. The highest BCUT2D eigenvalue weighted by Crippen LogP contribution is 2.40.